The van der Waals surface area contributed by atoms with Crippen molar-refractivity contribution < 1.29 is 44.7 Å². The number of aliphatic carboxylic acids is 1. The smallest absolute Gasteiger partial charge is 0.305 e. The van der Waals surface area contributed by atoms with Gasteiger partial charge in [0, 0.05) is 19.6 Å². The van der Waals surface area contributed by atoms with Crippen molar-refractivity contribution in [1.82, 2.24) is 5.32 Å². The van der Waals surface area contributed by atoms with Crippen LogP contribution in [0.5, 0.6) is 5.75 Å². The molecule has 0 saturated carbocycles. The summed E-state index contributed by atoms with van der Waals surface area (Å²) in [5.41, 5.74) is 6.11. The predicted molar refractivity (Wildman–Crippen MR) is 118 cm³/mol. The number of amides is 1. The van der Waals surface area contributed by atoms with Gasteiger partial charge in [-0.1, -0.05) is 26.0 Å². The molecule has 0 fully saturated rings. The number of carbonyl (C=O) groups is 3. The quantitative estimate of drug-likeness (QED) is 0.168. The molecule has 0 aliphatic rings. The molecular formula is C22H34N2O9. The molecule has 11 heteroatoms. The number of nitrogens with two attached hydrogens (primary N) is 1. The SMILES string of the molecule is COC(Cc1cccc(O)c1C=O)C(CC(C)C)NC(=O)C(O)C(O)C(O)C(N)CC(=O)O. The van der Waals surface area contributed by atoms with E-state index in [0.717, 1.165) is 0 Å². The second-order valence-electron chi connectivity index (χ2n) is 8.38. The highest BCUT2D eigenvalue weighted by Gasteiger charge is 2.36. The summed E-state index contributed by atoms with van der Waals surface area (Å²) in [5.74, 6) is -2.43. The van der Waals surface area contributed by atoms with Gasteiger partial charge < -0.3 is 41.3 Å². The van der Waals surface area contributed by atoms with Crippen LogP contribution in [0.3, 0.4) is 0 Å². The molecule has 0 spiro atoms. The zero-order valence-corrected chi connectivity index (χ0v) is 18.9. The molecule has 6 atom stereocenters. The van der Waals surface area contributed by atoms with E-state index in [4.69, 9.17) is 15.6 Å². The largest absolute Gasteiger partial charge is 0.507 e. The average Bonchev–Trinajstić information content (AvgIpc) is 2.74. The fourth-order valence-corrected chi connectivity index (χ4v) is 3.52. The van der Waals surface area contributed by atoms with Gasteiger partial charge in [-0.25, -0.2) is 0 Å². The van der Waals surface area contributed by atoms with Crippen LogP contribution in [0.2, 0.25) is 0 Å². The summed E-state index contributed by atoms with van der Waals surface area (Å²) in [7, 11) is 1.41. The Kier molecular flexibility index (Phi) is 11.4. The molecule has 1 aromatic carbocycles. The number of phenols is 1. The van der Waals surface area contributed by atoms with Crippen molar-refractivity contribution in [2.75, 3.05) is 7.11 Å². The molecule has 1 amide bonds. The number of aliphatic hydroxyl groups is 3. The first kappa shape index (κ1) is 28.5. The maximum absolute atomic E-state index is 12.6. The Morgan fingerprint density at radius 1 is 1.18 bits per heavy atom. The van der Waals surface area contributed by atoms with Crippen LogP contribution in [0.15, 0.2) is 18.2 Å². The highest BCUT2D eigenvalue weighted by atomic mass is 16.5. The van der Waals surface area contributed by atoms with Gasteiger partial charge >= 0.3 is 5.97 Å². The van der Waals surface area contributed by atoms with Crippen LogP contribution in [0.1, 0.15) is 42.6 Å². The van der Waals surface area contributed by atoms with Gasteiger partial charge in [0.1, 0.15) is 11.9 Å². The molecule has 1 aromatic rings. The predicted octanol–water partition coefficient (Wildman–Crippen LogP) is -0.822. The van der Waals surface area contributed by atoms with E-state index in [2.05, 4.69) is 5.32 Å². The number of benzene rings is 1. The van der Waals surface area contributed by atoms with Crippen molar-refractivity contribution in [1.29, 1.82) is 0 Å². The molecule has 186 valence electrons. The lowest BCUT2D eigenvalue weighted by Gasteiger charge is -2.31. The Morgan fingerprint density at radius 2 is 1.82 bits per heavy atom. The van der Waals surface area contributed by atoms with Crippen LogP contribution in [-0.4, -0.2) is 87.3 Å². The fraction of sp³-hybridized carbons (Fsp3) is 0.591. The molecule has 0 heterocycles. The summed E-state index contributed by atoms with van der Waals surface area (Å²) in [6.07, 6.45) is -6.21. The minimum absolute atomic E-state index is 0.0827. The number of hydrogen-bond acceptors (Lipinski definition) is 9. The molecule has 0 aromatic heterocycles. The van der Waals surface area contributed by atoms with Crippen molar-refractivity contribution in [3.05, 3.63) is 29.3 Å². The van der Waals surface area contributed by atoms with Gasteiger partial charge in [0.2, 0.25) is 0 Å². The lowest BCUT2D eigenvalue weighted by atomic mass is 9.92. The molecular weight excluding hydrogens is 436 g/mol. The summed E-state index contributed by atoms with van der Waals surface area (Å²) >= 11 is 0. The molecule has 0 aliphatic carbocycles. The first-order valence-electron chi connectivity index (χ1n) is 10.5. The van der Waals surface area contributed by atoms with E-state index >= 15 is 0 Å². The Labute approximate surface area is 192 Å². The van der Waals surface area contributed by atoms with Gasteiger partial charge in [-0.2, -0.15) is 0 Å². The highest BCUT2D eigenvalue weighted by molar-refractivity contribution is 5.82. The van der Waals surface area contributed by atoms with Crippen LogP contribution >= 0.6 is 0 Å². The van der Waals surface area contributed by atoms with E-state index in [1.54, 1.807) is 12.1 Å². The van der Waals surface area contributed by atoms with Crippen molar-refractivity contribution in [2.24, 2.45) is 11.7 Å². The van der Waals surface area contributed by atoms with Crippen LogP contribution < -0.4 is 11.1 Å². The summed E-state index contributed by atoms with van der Waals surface area (Å²) < 4.78 is 5.54. The monoisotopic (exact) mass is 470 g/mol. The molecule has 6 unspecified atom stereocenters. The van der Waals surface area contributed by atoms with Gasteiger partial charge in [-0.05, 0) is 24.0 Å². The lowest BCUT2D eigenvalue weighted by Crippen LogP contribution is -2.56. The Morgan fingerprint density at radius 3 is 2.33 bits per heavy atom. The molecule has 0 bridgehead atoms. The van der Waals surface area contributed by atoms with Gasteiger partial charge in [-0.15, -0.1) is 0 Å². The number of phenolic OH excluding ortho intramolecular Hbond substituents is 1. The highest BCUT2D eigenvalue weighted by Crippen LogP contribution is 2.23. The van der Waals surface area contributed by atoms with E-state index in [0.29, 0.717) is 18.3 Å². The van der Waals surface area contributed by atoms with Gasteiger partial charge in [0.25, 0.3) is 5.91 Å². The molecule has 0 radical (unpaired) electrons. The summed E-state index contributed by atoms with van der Waals surface area (Å²) in [4.78, 5) is 34.8. The molecule has 0 aliphatic heterocycles. The third-order valence-electron chi connectivity index (χ3n) is 5.31. The normalized spacial score (nSPS) is 17.0. The van der Waals surface area contributed by atoms with Crippen molar-refractivity contribution in [3.8, 4) is 5.75 Å². The van der Waals surface area contributed by atoms with Gasteiger partial charge in [0.05, 0.1) is 30.2 Å². The second-order valence-corrected chi connectivity index (χ2v) is 8.38. The van der Waals surface area contributed by atoms with Gasteiger partial charge in [-0.3, -0.25) is 14.4 Å². The maximum atomic E-state index is 12.6. The summed E-state index contributed by atoms with van der Waals surface area (Å²) in [5, 5.41) is 51.7. The van der Waals surface area contributed by atoms with E-state index in [1.165, 1.54) is 13.2 Å². The first-order valence-corrected chi connectivity index (χ1v) is 10.5. The van der Waals surface area contributed by atoms with Crippen LogP contribution in [-0.2, 0) is 20.7 Å². The van der Waals surface area contributed by atoms with E-state index in [9.17, 15) is 34.8 Å². The maximum Gasteiger partial charge on any atom is 0.305 e. The molecule has 1 rings (SSSR count). The minimum Gasteiger partial charge on any atom is -0.507 e. The average molecular weight is 471 g/mol. The molecule has 0 saturated heterocycles. The van der Waals surface area contributed by atoms with Crippen LogP contribution in [0.4, 0.5) is 0 Å². The third-order valence-corrected chi connectivity index (χ3v) is 5.31. The van der Waals surface area contributed by atoms with Crippen LogP contribution in [0.25, 0.3) is 0 Å². The number of carboxylic acid groups (broad SMARTS) is 1. The number of aliphatic hydroxyl groups excluding tert-OH is 3. The number of hydrogen-bond donors (Lipinski definition) is 7. The number of aldehydes is 1. The molecule has 33 heavy (non-hydrogen) atoms. The second kappa shape index (κ2) is 13.2. The van der Waals surface area contributed by atoms with Crippen LogP contribution in [0, 0.1) is 5.92 Å². The molecule has 8 N–H and O–H groups in total. The lowest BCUT2D eigenvalue weighted by molar-refractivity contribution is -0.145. The molecule has 11 nitrogen and oxygen atoms in total. The Bertz CT molecular complexity index is 802. The fourth-order valence-electron chi connectivity index (χ4n) is 3.52. The van der Waals surface area contributed by atoms with Crippen molar-refractivity contribution >= 4 is 18.2 Å². The van der Waals surface area contributed by atoms with Gasteiger partial charge in [0.15, 0.2) is 12.4 Å². The number of carbonyl (C=O) groups excluding carboxylic acids is 2. The Hall–Kier alpha value is -2.57. The number of rotatable bonds is 14. The summed E-state index contributed by atoms with van der Waals surface area (Å²) in [6, 6.07) is 2.52. The van der Waals surface area contributed by atoms with E-state index < -0.39 is 54.8 Å². The zero-order chi connectivity index (χ0) is 25.3. The number of nitrogens with one attached hydrogen (secondary N) is 1. The number of methoxy groups -OCH3 is 1. The third kappa shape index (κ3) is 8.37. The Balaban J connectivity index is 3.02. The number of ether oxygens (including phenoxy) is 1. The first-order chi connectivity index (χ1) is 15.4. The summed E-state index contributed by atoms with van der Waals surface area (Å²) in [6.45, 7) is 3.80. The standard InChI is InChI=1S/C22H34N2O9/c1-11(2)7-15(17(33-3)8-12-5-4-6-16(26)13(12)10-25)24-22(32)21(31)20(30)19(29)14(23)9-18(27)28/h4-6,10-11,14-15,17,19-21,26,29-31H,7-9,23H2,1-3H3,(H,24,32)(H,27,28). The van der Waals surface area contributed by atoms with E-state index in [-0.39, 0.29) is 23.7 Å². The van der Waals surface area contributed by atoms with Crippen molar-refractivity contribution in [2.45, 2.75) is 69.6 Å². The van der Waals surface area contributed by atoms with E-state index in [1.807, 2.05) is 13.8 Å². The zero-order valence-electron chi connectivity index (χ0n) is 18.9. The number of aromatic hydroxyl groups is 1. The number of carboxylic acids is 1. The minimum atomic E-state index is -2.08. The van der Waals surface area contributed by atoms with Crippen molar-refractivity contribution in [3.63, 3.8) is 0 Å². The topological polar surface area (TPSA) is 200 Å².